The van der Waals surface area contributed by atoms with Crippen molar-refractivity contribution in [2.24, 2.45) is 16.0 Å². The summed E-state index contributed by atoms with van der Waals surface area (Å²) in [5.41, 5.74) is 1.83. The van der Waals surface area contributed by atoms with Gasteiger partial charge in [-0.3, -0.25) is 4.99 Å². The van der Waals surface area contributed by atoms with Crippen LogP contribution in [-0.2, 0) is 0 Å². The fraction of sp³-hybridized carbons (Fsp3) is 0.263. The first kappa shape index (κ1) is 15.1. The number of hydrogen-bond donors (Lipinski definition) is 0. The second-order valence-corrected chi connectivity index (χ2v) is 6.73. The molecule has 4 rings (SSSR count). The van der Waals surface area contributed by atoms with Gasteiger partial charge in [0.1, 0.15) is 11.3 Å². The number of allylic oxidation sites excluding steroid dienone is 2. The summed E-state index contributed by atoms with van der Waals surface area (Å²) in [4.78, 5) is 5.21. The third kappa shape index (κ3) is 2.87. The quantitative estimate of drug-likeness (QED) is 0.505. The highest BCUT2D eigenvalue weighted by molar-refractivity contribution is 7.07. The Labute approximate surface area is 144 Å². The van der Waals surface area contributed by atoms with Crippen molar-refractivity contribution in [1.29, 1.82) is 0 Å². The molecule has 4 nitrogen and oxygen atoms in total. The number of nitrogens with zero attached hydrogens (tertiary/aromatic N) is 3. The Bertz CT molecular complexity index is 941. The Morgan fingerprint density at radius 1 is 1.29 bits per heavy atom. The van der Waals surface area contributed by atoms with Crippen molar-refractivity contribution >= 4 is 28.5 Å². The maximum Gasteiger partial charge on any atom is 0.206 e. The van der Waals surface area contributed by atoms with E-state index in [1.807, 2.05) is 22.9 Å². The molecule has 0 amide bonds. The Morgan fingerprint density at radius 2 is 2.21 bits per heavy atom. The molecule has 24 heavy (non-hydrogen) atoms. The van der Waals surface area contributed by atoms with Crippen LogP contribution >= 0.6 is 11.3 Å². The largest absolute Gasteiger partial charge is 0.454 e. The van der Waals surface area contributed by atoms with E-state index >= 15 is 0 Å². The second kappa shape index (κ2) is 6.61. The number of hydrogen-bond acceptors (Lipinski definition) is 4. The number of aromatic nitrogens is 1. The lowest BCUT2D eigenvalue weighted by atomic mass is 9.96. The van der Waals surface area contributed by atoms with Crippen LogP contribution in [0.4, 0.5) is 0 Å². The zero-order valence-electron chi connectivity index (χ0n) is 13.6. The molecule has 0 aliphatic heterocycles. The van der Waals surface area contributed by atoms with Gasteiger partial charge in [-0.15, -0.1) is 11.3 Å². The van der Waals surface area contributed by atoms with Gasteiger partial charge in [-0.1, -0.05) is 30.4 Å². The molecule has 0 radical (unpaired) electrons. The number of benzene rings is 1. The van der Waals surface area contributed by atoms with Crippen LogP contribution in [0, 0.1) is 5.92 Å². The van der Waals surface area contributed by atoms with E-state index in [0.29, 0.717) is 5.92 Å². The summed E-state index contributed by atoms with van der Waals surface area (Å²) in [6.07, 6.45) is 9.89. The summed E-state index contributed by atoms with van der Waals surface area (Å²) in [5.74, 6) is 1.32. The number of fused-ring (bicyclic) bond motifs is 1. The fourth-order valence-electron chi connectivity index (χ4n) is 2.95. The van der Waals surface area contributed by atoms with Crippen molar-refractivity contribution in [2.45, 2.75) is 19.3 Å². The van der Waals surface area contributed by atoms with E-state index in [-0.39, 0.29) is 0 Å². The molecule has 1 unspecified atom stereocenters. The van der Waals surface area contributed by atoms with Gasteiger partial charge < -0.3 is 4.42 Å². The van der Waals surface area contributed by atoms with Gasteiger partial charge in [-0.05, 0) is 37.3 Å². The average Bonchev–Trinajstić information content (AvgIpc) is 3.24. The van der Waals surface area contributed by atoms with Crippen LogP contribution in [0.15, 0.2) is 62.4 Å². The first-order chi connectivity index (χ1) is 11.8. The molecule has 122 valence electrons. The van der Waals surface area contributed by atoms with Crippen LogP contribution in [0.25, 0.3) is 22.4 Å². The van der Waals surface area contributed by atoms with Crippen molar-refractivity contribution in [2.75, 3.05) is 7.05 Å². The van der Waals surface area contributed by atoms with Gasteiger partial charge in [0.15, 0.2) is 5.76 Å². The van der Waals surface area contributed by atoms with Crippen LogP contribution in [0.2, 0.25) is 0 Å². The lowest BCUT2D eigenvalue weighted by molar-refractivity contribution is 0.613. The minimum Gasteiger partial charge on any atom is -0.454 e. The van der Waals surface area contributed by atoms with E-state index in [1.165, 1.54) is 0 Å². The normalized spacial score (nSPS) is 18.9. The van der Waals surface area contributed by atoms with Crippen molar-refractivity contribution in [3.05, 3.63) is 52.7 Å². The highest BCUT2D eigenvalue weighted by Gasteiger charge is 2.13. The van der Waals surface area contributed by atoms with E-state index in [4.69, 9.17) is 9.52 Å². The molecule has 0 bridgehead atoms. The van der Waals surface area contributed by atoms with E-state index in [0.717, 1.165) is 46.5 Å². The molecule has 1 aliphatic rings. The van der Waals surface area contributed by atoms with Gasteiger partial charge in [0.25, 0.3) is 0 Å². The summed E-state index contributed by atoms with van der Waals surface area (Å²) >= 11 is 1.58. The molecule has 1 atom stereocenters. The van der Waals surface area contributed by atoms with Crippen molar-refractivity contribution in [1.82, 2.24) is 4.68 Å². The molecule has 0 N–H and O–H groups in total. The highest BCUT2D eigenvalue weighted by atomic mass is 32.1. The van der Waals surface area contributed by atoms with Gasteiger partial charge >= 0.3 is 0 Å². The summed E-state index contributed by atoms with van der Waals surface area (Å²) < 4.78 is 7.89. The Balaban J connectivity index is 1.74. The van der Waals surface area contributed by atoms with Gasteiger partial charge in [-0.25, -0.2) is 4.68 Å². The minimum absolute atomic E-state index is 0.496. The highest BCUT2D eigenvalue weighted by Crippen LogP contribution is 2.28. The van der Waals surface area contributed by atoms with Crippen LogP contribution in [-0.4, -0.2) is 17.9 Å². The monoisotopic (exact) mass is 337 g/mol. The number of para-hydroxylation sites is 1. The predicted molar refractivity (Wildman–Crippen MR) is 99.4 cm³/mol. The zero-order valence-corrected chi connectivity index (χ0v) is 14.4. The van der Waals surface area contributed by atoms with Gasteiger partial charge in [0.05, 0.1) is 0 Å². The molecule has 2 heterocycles. The average molecular weight is 337 g/mol. The van der Waals surface area contributed by atoms with Crippen LogP contribution in [0.3, 0.4) is 0 Å². The third-order valence-corrected chi connectivity index (χ3v) is 5.16. The first-order valence-electron chi connectivity index (χ1n) is 8.17. The molecule has 0 fully saturated rings. The number of rotatable bonds is 3. The third-order valence-electron chi connectivity index (χ3n) is 4.26. The van der Waals surface area contributed by atoms with Crippen LogP contribution in [0.5, 0.6) is 0 Å². The molecule has 5 heteroatoms. The molecule has 0 saturated carbocycles. The van der Waals surface area contributed by atoms with Crippen LogP contribution < -0.4 is 4.80 Å². The first-order valence-corrected chi connectivity index (χ1v) is 9.05. The molecule has 0 saturated heterocycles. The summed E-state index contributed by atoms with van der Waals surface area (Å²) in [6, 6.07) is 10.1. The van der Waals surface area contributed by atoms with Crippen molar-refractivity contribution < 1.29 is 4.42 Å². The Hall–Kier alpha value is -2.40. The molecule has 0 spiro atoms. The summed E-state index contributed by atoms with van der Waals surface area (Å²) in [5, 5.41) is 7.87. The predicted octanol–water partition coefficient (Wildman–Crippen LogP) is 4.68. The van der Waals surface area contributed by atoms with Gasteiger partial charge in [-0.2, -0.15) is 5.10 Å². The molecule has 1 aliphatic carbocycles. The maximum absolute atomic E-state index is 6.00. The van der Waals surface area contributed by atoms with Crippen molar-refractivity contribution in [3.8, 4) is 11.5 Å². The molecular weight excluding hydrogens is 318 g/mol. The number of furan rings is 1. The molecule has 1 aromatic carbocycles. The topological polar surface area (TPSA) is 42.8 Å². The van der Waals surface area contributed by atoms with E-state index in [1.54, 1.807) is 18.4 Å². The van der Waals surface area contributed by atoms with E-state index < -0.39 is 0 Å². The molecular formula is C19H19N3OS. The SMILES string of the molecule is CN=c1scc(-c2cc3ccccc3o2)n1N=CC1CC=CCC1. The lowest BCUT2D eigenvalue weighted by Crippen LogP contribution is -2.13. The minimum atomic E-state index is 0.496. The maximum atomic E-state index is 6.00. The zero-order chi connectivity index (χ0) is 16.4. The molecule has 3 aromatic rings. The summed E-state index contributed by atoms with van der Waals surface area (Å²) in [7, 11) is 1.80. The standard InChI is InChI=1S/C19H19N3OS/c1-20-19-22(21-12-14-7-3-2-4-8-14)16(13-24-19)18-11-15-9-5-6-10-17(15)23-18/h2-3,5-6,9-14H,4,7-8H2,1H3. The number of thiazole rings is 1. The molecule has 2 aromatic heterocycles. The smallest absolute Gasteiger partial charge is 0.206 e. The second-order valence-electron chi connectivity index (χ2n) is 5.90. The van der Waals surface area contributed by atoms with Gasteiger partial charge in [0, 0.05) is 24.0 Å². The fourth-order valence-corrected chi connectivity index (χ4v) is 3.74. The van der Waals surface area contributed by atoms with Crippen molar-refractivity contribution in [3.63, 3.8) is 0 Å². The Morgan fingerprint density at radius 3 is 3.00 bits per heavy atom. The van der Waals surface area contributed by atoms with E-state index in [9.17, 15) is 0 Å². The van der Waals surface area contributed by atoms with Gasteiger partial charge in [0.2, 0.25) is 4.80 Å². The van der Waals surface area contributed by atoms with E-state index in [2.05, 4.69) is 40.9 Å². The Kier molecular flexibility index (Phi) is 4.17. The summed E-state index contributed by atoms with van der Waals surface area (Å²) in [6.45, 7) is 0. The lowest BCUT2D eigenvalue weighted by Gasteiger charge is -2.12. The van der Waals surface area contributed by atoms with Crippen LogP contribution in [0.1, 0.15) is 19.3 Å².